The van der Waals surface area contributed by atoms with Crippen molar-refractivity contribution in [1.29, 1.82) is 0 Å². The van der Waals surface area contributed by atoms with E-state index in [1.54, 1.807) is 0 Å². The summed E-state index contributed by atoms with van der Waals surface area (Å²) in [6.45, 7) is 8.42. The zero-order chi connectivity index (χ0) is 24.2. The second kappa shape index (κ2) is 10.3. The van der Waals surface area contributed by atoms with Gasteiger partial charge in [0.05, 0.1) is 12.6 Å². The number of anilines is 2. The number of amides is 3. The first-order valence-electron chi connectivity index (χ1n) is 11.8. The Hall–Kier alpha value is -3.02. The van der Waals surface area contributed by atoms with Crippen molar-refractivity contribution >= 4 is 23.3 Å². The number of hydrogen-bond acceptors (Lipinski definition) is 3. The molecule has 178 valence electrons. The third-order valence-electron chi connectivity index (χ3n) is 6.14. The molecule has 0 bridgehead atoms. The number of carbonyl (C=O) groups is 2. The summed E-state index contributed by atoms with van der Waals surface area (Å²) in [4.78, 5) is 29.8. The highest BCUT2D eigenvalue weighted by atomic mass is 16.2. The van der Waals surface area contributed by atoms with Crippen molar-refractivity contribution in [2.45, 2.75) is 65.1 Å². The van der Waals surface area contributed by atoms with Crippen LogP contribution >= 0.6 is 0 Å². The minimum Gasteiger partial charge on any atom is -0.377 e. The largest absolute Gasteiger partial charge is 0.377 e. The van der Waals surface area contributed by atoms with E-state index >= 15 is 0 Å². The van der Waals surface area contributed by atoms with Crippen LogP contribution in [0.5, 0.6) is 0 Å². The van der Waals surface area contributed by atoms with Crippen LogP contribution in [0.1, 0.15) is 64.1 Å². The summed E-state index contributed by atoms with van der Waals surface area (Å²) in [7, 11) is 3.98. The lowest BCUT2D eigenvalue weighted by atomic mass is 9.85. The van der Waals surface area contributed by atoms with Crippen molar-refractivity contribution in [2.24, 2.45) is 5.92 Å². The molecule has 0 unspecified atom stereocenters. The average molecular weight is 451 g/mol. The Kier molecular flexibility index (Phi) is 7.67. The third-order valence-corrected chi connectivity index (χ3v) is 6.14. The van der Waals surface area contributed by atoms with Crippen LogP contribution < -0.4 is 15.5 Å². The molecule has 0 aromatic heterocycles. The molecule has 0 radical (unpaired) electrons. The molecule has 1 aliphatic carbocycles. The summed E-state index contributed by atoms with van der Waals surface area (Å²) < 4.78 is 0. The lowest BCUT2D eigenvalue weighted by molar-refractivity contribution is -0.122. The van der Waals surface area contributed by atoms with Crippen LogP contribution in [-0.4, -0.2) is 36.5 Å². The molecule has 3 amide bonds. The van der Waals surface area contributed by atoms with Gasteiger partial charge in [-0.1, -0.05) is 36.8 Å². The molecule has 1 atom stereocenters. The number of rotatable bonds is 7. The molecule has 0 aliphatic heterocycles. The summed E-state index contributed by atoms with van der Waals surface area (Å²) in [5.74, 6) is 0.207. The summed E-state index contributed by atoms with van der Waals surface area (Å²) in [6.07, 6.45) is 3.05. The first-order valence-corrected chi connectivity index (χ1v) is 11.8. The lowest BCUT2D eigenvalue weighted by Crippen LogP contribution is -2.49. The zero-order valence-electron chi connectivity index (χ0n) is 20.8. The molecule has 1 saturated carbocycles. The van der Waals surface area contributed by atoms with E-state index in [-0.39, 0.29) is 29.4 Å². The van der Waals surface area contributed by atoms with Gasteiger partial charge in [-0.05, 0) is 69.9 Å². The van der Waals surface area contributed by atoms with Crippen LogP contribution in [-0.2, 0) is 11.3 Å². The van der Waals surface area contributed by atoms with E-state index in [4.69, 9.17) is 0 Å². The molecule has 0 spiro atoms. The predicted molar refractivity (Wildman–Crippen MR) is 135 cm³/mol. The van der Waals surface area contributed by atoms with E-state index in [0.29, 0.717) is 6.54 Å². The molecule has 0 heterocycles. The summed E-state index contributed by atoms with van der Waals surface area (Å²) >= 11 is 0. The SMILES string of the molecule is C[C@@H](c1ccccc1)N(Cc1cc(NC(=O)C2CCC2)ccc1N(C)C)C(=O)NC(C)(C)C. The molecule has 2 N–H and O–H groups in total. The molecule has 6 heteroatoms. The van der Waals surface area contributed by atoms with Crippen molar-refractivity contribution in [1.82, 2.24) is 10.2 Å². The van der Waals surface area contributed by atoms with E-state index in [0.717, 1.165) is 41.8 Å². The molecule has 1 fully saturated rings. The highest BCUT2D eigenvalue weighted by molar-refractivity contribution is 5.93. The van der Waals surface area contributed by atoms with Crippen LogP contribution in [0.15, 0.2) is 48.5 Å². The lowest BCUT2D eigenvalue weighted by Gasteiger charge is -2.34. The third kappa shape index (κ3) is 6.50. The van der Waals surface area contributed by atoms with E-state index in [1.807, 2.05) is 93.2 Å². The molecule has 2 aromatic rings. The fourth-order valence-corrected chi connectivity index (χ4v) is 4.01. The Morgan fingerprint density at radius 2 is 1.73 bits per heavy atom. The van der Waals surface area contributed by atoms with Gasteiger partial charge in [-0.15, -0.1) is 0 Å². The normalized spacial score (nSPS) is 14.7. The summed E-state index contributed by atoms with van der Waals surface area (Å²) in [5, 5.41) is 6.19. The number of hydrogen-bond donors (Lipinski definition) is 2. The first kappa shape index (κ1) is 24.6. The fraction of sp³-hybridized carbons (Fsp3) is 0.481. The van der Waals surface area contributed by atoms with Gasteiger partial charge in [0.2, 0.25) is 5.91 Å². The Balaban J connectivity index is 1.92. The molecule has 3 rings (SSSR count). The Bertz CT molecular complexity index is 962. The smallest absolute Gasteiger partial charge is 0.318 e. The van der Waals surface area contributed by atoms with Crippen molar-refractivity contribution in [3.05, 3.63) is 59.7 Å². The van der Waals surface area contributed by atoms with Gasteiger partial charge in [0.15, 0.2) is 0 Å². The van der Waals surface area contributed by atoms with Crippen molar-refractivity contribution in [2.75, 3.05) is 24.3 Å². The van der Waals surface area contributed by atoms with E-state index in [2.05, 4.69) is 17.6 Å². The molecule has 6 nitrogen and oxygen atoms in total. The molecule has 33 heavy (non-hydrogen) atoms. The van der Waals surface area contributed by atoms with Gasteiger partial charge < -0.3 is 20.4 Å². The van der Waals surface area contributed by atoms with Gasteiger partial charge in [-0.3, -0.25) is 4.79 Å². The van der Waals surface area contributed by atoms with E-state index in [1.165, 1.54) is 0 Å². The Morgan fingerprint density at radius 3 is 2.27 bits per heavy atom. The Labute approximate surface area is 198 Å². The second-order valence-electron chi connectivity index (χ2n) is 10.2. The van der Waals surface area contributed by atoms with Crippen LogP contribution in [0.2, 0.25) is 0 Å². The maximum Gasteiger partial charge on any atom is 0.318 e. The minimum absolute atomic E-state index is 0.0878. The number of nitrogens with one attached hydrogen (secondary N) is 2. The molecule has 1 aliphatic rings. The number of nitrogens with zero attached hydrogens (tertiary/aromatic N) is 2. The van der Waals surface area contributed by atoms with Crippen LogP contribution in [0, 0.1) is 5.92 Å². The topological polar surface area (TPSA) is 64.7 Å². The van der Waals surface area contributed by atoms with Gasteiger partial charge in [-0.25, -0.2) is 4.79 Å². The maximum atomic E-state index is 13.4. The van der Waals surface area contributed by atoms with Gasteiger partial charge in [-0.2, -0.15) is 0 Å². The van der Waals surface area contributed by atoms with Crippen LogP contribution in [0.25, 0.3) is 0 Å². The van der Waals surface area contributed by atoms with Gasteiger partial charge in [0, 0.05) is 36.9 Å². The first-order chi connectivity index (χ1) is 15.5. The number of urea groups is 1. The molecular formula is C27H38N4O2. The maximum absolute atomic E-state index is 13.4. The zero-order valence-corrected chi connectivity index (χ0v) is 20.8. The van der Waals surface area contributed by atoms with Crippen LogP contribution in [0.3, 0.4) is 0 Å². The highest BCUT2D eigenvalue weighted by Crippen LogP contribution is 2.31. The van der Waals surface area contributed by atoms with E-state index < -0.39 is 0 Å². The minimum atomic E-state index is -0.352. The highest BCUT2D eigenvalue weighted by Gasteiger charge is 2.27. The second-order valence-corrected chi connectivity index (χ2v) is 10.2. The quantitative estimate of drug-likeness (QED) is 0.580. The van der Waals surface area contributed by atoms with Gasteiger partial charge >= 0.3 is 6.03 Å². The molecule has 2 aromatic carbocycles. The summed E-state index contributed by atoms with van der Waals surface area (Å²) in [5.41, 5.74) is 3.50. The van der Waals surface area contributed by atoms with Crippen molar-refractivity contribution < 1.29 is 9.59 Å². The van der Waals surface area contributed by atoms with Crippen molar-refractivity contribution in [3.8, 4) is 0 Å². The van der Waals surface area contributed by atoms with Crippen molar-refractivity contribution in [3.63, 3.8) is 0 Å². The molecular weight excluding hydrogens is 412 g/mol. The summed E-state index contributed by atoms with van der Waals surface area (Å²) in [6, 6.07) is 15.8. The van der Waals surface area contributed by atoms with Crippen LogP contribution in [0.4, 0.5) is 16.2 Å². The standard InChI is InChI=1S/C27H38N4O2/c1-19(20-11-8-7-9-12-20)31(26(33)29-27(2,3)4)18-22-17-23(15-16-24(22)30(5)6)28-25(32)21-13-10-14-21/h7-9,11-12,15-17,19,21H,10,13-14,18H2,1-6H3,(H,28,32)(H,29,33)/t19-/m0/s1. The number of carbonyl (C=O) groups excluding carboxylic acids is 2. The molecule has 0 saturated heterocycles. The Morgan fingerprint density at radius 1 is 1.06 bits per heavy atom. The van der Waals surface area contributed by atoms with Gasteiger partial charge in [0.1, 0.15) is 0 Å². The predicted octanol–water partition coefficient (Wildman–Crippen LogP) is 5.56. The fourth-order valence-electron chi connectivity index (χ4n) is 4.01. The monoisotopic (exact) mass is 450 g/mol. The number of benzene rings is 2. The average Bonchev–Trinajstić information content (AvgIpc) is 2.69. The van der Waals surface area contributed by atoms with Gasteiger partial charge in [0.25, 0.3) is 0 Å². The van der Waals surface area contributed by atoms with E-state index in [9.17, 15) is 9.59 Å².